The Bertz CT molecular complexity index is 741. The lowest BCUT2D eigenvalue weighted by Gasteiger charge is -2.24. The van der Waals surface area contributed by atoms with Gasteiger partial charge in [-0.3, -0.25) is 4.79 Å². The first-order valence-electron chi connectivity index (χ1n) is 7.23. The van der Waals surface area contributed by atoms with Crippen molar-refractivity contribution < 1.29 is 14.6 Å². The summed E-state index contributed by atoms with van der Waals surface area (Å²) in [5.74, 6) is -0.117. The SMILES string of the molecule is Cc1ccc(C)c(OCc2cccc(Cl)c2C(C)(O)C(N)=O)c1. The van der Waals surface area contributed by atoms with Crippen molar-refractivity contribution in [3.05, 3.63) is 63.7 Å². The molecule has 23 heavy (non-hydrogen) atoms. The number of ether oxygens (including phenoxy) is 1. The summed E-state index contributed by atoms with van der Waals surface area (Å²) in [5.41, 5.74) is 6.42. The minimum atomic E-state index is -1.86. The van der Waals surface area contributed by atoms with E-state index in [1.165, 1.54) is 6.92 Å². The highest BCUT2D eigenvalue weighted by atomic mass is 35.5. The number of hydrogen-bond donors (Lipinski definition) is 2. The van der Waals surface area contributed by atoms with Gasteiger partial charge in [0.05, 0.1) is 0 Å². The zero-order chi connectivity index (χ0) is 17.2. The third kappa shape index (κ3) is 3.66. The van der Waals surface area contributed by atoms with Crippen LogP contribution in [-0.2, 0) is 17.0 Å². The fourth-order valence-electron chi connectivity index (χ4n) is 2.38. The number of rotatable bonds is 5. The van der Waals surface area contributed by atoms with Gasteiger partial charge in [0.25, 0.3) is 5.91 Å². The van der Waals surface area contributed by atoms with Gasteiger partial charge in [-0.2, -0.15) is 0 Å². The van der Waals surface area contributed by atoms with E-state index >= 15 is 0 Å². The highest BCUT2D eigenvalue weighted by Crippen LogP contribution is 2.32. The minimum absolute atomic E-state index is 0.170. The molecule has 0 bridgehead atoms. The highest BCUT2D eigenvalue weighted by Gasteiger charge is 2.34. The molecule has 5 heteroatoms. The maximum Gasteiger partial charge on any atom is 0.253 e. The van der Waals surface area contributed by atoms with E-state index in [0.29, 0.717) is 5.56 Å². The Hall–Kier alpha value is -2.04. The number of carbonyl (C=O) groups is 1. The second-order valence-electron chi connectivity index (χ2n) is 5.77. The van der Waals surface area contributed by atoms with Crippen molar-refractivity contribution in [3.63, 3.8) is 0 Å². The smallest absolute Gasteiger partial charge is 0.253 e. The normalized spacial score (nSPS) is 13.4. The molecule has 0 radical (unpaired) electrons. The van der Waals surface area contributed by atoms with Crippen molar-refractivity contribution in [1.29, 1.82) is 0 Å². The van der Waals surface area contributed by atoms with Crippen molar-refractivity contribution >= 4 is 17.5 Å². The molecule has 0 saturated carbocycles. The first-order valence-corrected chi connectivity index (χ1v) is 7.61. The van der Waals surface area contributed by atoms with Gasteiger partial charge in [-0.1, -0.05) is 35.9 Å². The number of aryl methyl sites for hydroxylation is 2. The molecule has 1 atom stereocenters. The summed E-state index contributed by atoms with van der Waals surface area (Å²) in [6, 6.07) is 11.0. The van der Waals surface area contributed by atoms with E-state index < -0.39 is 11.5 Å². The van der Waals surface area contributed by atoms with Crippen LogP contribution in [0.3, 0.4) is 0 Å². The lowest BCUT2D eigenvalue weighted by molar-refractivity contribution is -0.135. The van der Waals surface area contributed by atoms with Crippen LogP contribution in [-0.4, -0.2) is 11.0 Å². The van der Waals surface area contributed by atoms with E-state index in [1.807, 2.05) is 32.0 Å². The second kappa shape index (κ2) is 6.60. The van der Waals surface area contributed by atoms with Crippen LogP contribution in [0.25, 0.3) is 0 Å². The molecule has 0 aromatic heterocycles. The van der Waals surface area contributed by atoms with Gasteiger partial charge in [0, 0.05) is 10.6 Å². The summed E-state index contributed by atoms with van der Waals surface area (Å²) in [4.78, 5) is 11.6. The quantitative estimate of drug-likeness (QED) is 0.882. The summed E-state index contributed by atoms with van der Waals surface area (Å²) in [5, 5.41) is 10.7. The van der Waals surface area contributed by atoms with Crippen LogP contribution < -0.4 is 10.5 Å². The molecule has 2 aromatic rings. The van der Waals surface area contributed by atoms with Crippen molar-refractivity contribution in [3.8, 4) is 5.75 Å². The third-order valence-electron chi connectivity index (χ3n) is 3.79. The maximum absolute atomic E-state index is 11.6. The summed E-state index contributed by atoms with van der Waals surface area (Å²) in [6.07, 6.45) is 0. The predicted molar refractivity (Wildman–Crippen MR) is 90.5 cm³/mol. The molecule has 0 fully saturated rings. The molecular formula is C18H20ClNO3. The van der Waals surface area contributed by atoms with Crippen molar-refractivity contribution in [2.75, 3.05) is 0 Å². The van der Waals surface area contributed by atoms with Gasteiger partial charge >= 0.3 is 0 Å². The standard InChI is InChI=1S/C18H20ClNO3/c1-11-7-8-12(2)15(9-11)23-10-13-5-4-6-14(19)16(13)18(3,22)17(20)21/h4-9,22H,10H2,1-3H3,(H2,20,21). The van der Waals surface area contributed by atoms with E-state index in [0.717, 1.165) is 16.9 Å². The third-order valence-corrected chi connectivity index (χ3v) is 4.11. The number of benzene rings is 2. The molecule has 1 amide bonds. The maximum atomic E-state index is 11.6. The second-order valence-corrected chi connectivity index (χ2v) is 6.18. The molecule has 2 rings (SSSR count). The van der Waals surface area contributed by atoms with Gasteiger partial charge in [-0.15, -0.1) is 0 Å². The predicted octanol–water partition coefficient (Wildman–Crippen LogP) is 3.23. The van der Waals surface area contributed by atoms with E-state index in [4.69, 9.17) is 22.1 Å². The number of hydrogen-bond acceptors (Lipinski definition) is 3. The van der Waals surface area contributed by atoms with E-state index in [-0.39, 0.29) is 17.2 Å². The van der Waals surface area contributed by atoms with Crippen LogP contribution in [0, 0.1) is 13.8 Å². The Morgan fingerprint density at radius 3 is 2.65 bits per heavy atom. The zero-order valence-electron chi connectivity index (χ0n) is 13.4. The van der Waals surface area contributed by atoms with E-state index in [1.54, 1.807) is 18.2 Å². The molecule has 0 spiro atoms. The van der Waals surface area contributed by atoms with Gasteiger partial charge in [0.2, 0.25) is 0 Å². The van der Waals surface area contributed by atoms with Crippen LogP contribution in [0.15, 0.2) is 36.4 Å². The fourth-order valence-corrected chi connectivity index (χ4v) is 2.75. The Morgan fingerprint density at radius 1 is 1.30 bits per heavy atom. The van der Waals surface area contributed by atoms with Crippen LogP contribution in [0.1, 0.15) is 29.2 Å². The fraction of sp³-hybridized carbons (Fsp3) is 0.278. The van der Waals surface area contributed by atoms with Gasteiger partial charge < -0.3 is 15.6 Å². The minimum Gasteiger partial charge on any atom is -0.489 e. The number of aliphatic hydroxyl groups is 1. The first-order chi connectivity index (χ1) is 10.7. The molecule has 2 aromatic carbocycles. The summed E-state index contributed by atoms with van der Waals surface area (Å²) in [7, 11) is 0. The number of halogens is 1. The topological polar surface area (TPSA) is 72.6 Å². The molecule has 4 nitrogen and oxygen atoms in total. The molecule has 0 heterocycles. The number of primary amides is 1. The number of amides is 1. The summed E-state index contributed by atoms with van der Waals surface area (Å²) >= 11 is 6.17. The highest BCUT2D eigenvalue weighted by molar-refractivity contribution is 6.31. The Balaban J connectivity index is 2.36. The van der Waals surface area contributed by atoms with Crippen molar-refractivity contribution in [2.45, 2.75) is 33.0 Å². The molecule has 0 aliphatic rings. The molecule has 122 valence electrons. The molecule has 0 aliphatic carbocycles. The molecule has 3 N–H and O–H groups in total. The van der Waals surface area contributed by atoms with Gasteiger partial charge in [0.1, 0.15) is 12.4 Å². The van der Waals surface area contributed by atoms with Gasteiger partial charge in [0.15, 0.2) is 5.60 Å². The summed E-state index contributed by atoms with van der Waals surface area (Å²) < 4.78 is 5.85. The van der Waals surface area contributed by atoms with Crippen LogP contribution in [0.4, 0.5) is 0 Å². The molecule has 0 saturated heterocycles. The van der Waals surface area contributed by atoms with Crippen LogP contribution >= 0.6 is 11.6 Å². The first kappa shape index (κ1) is 17.3. The average molecular weight is 334 g/mol. The van der Waals surface area contributed by atoms with Gasteiger partial charge in [-0.05, 0) is 49.6 Å². The van der Waals surface area contributed by atoms with E-state index in [9.17, 15) is 9.90 Å². The lowest BCUT2D eigenvalue weighted by atomic mass is 9.91. The lowest BCUT2D eigenvalue weighted by Crippen LogP contribution is -2.39. The van der Waals surface area contributed by atoms with Gasteiger partial charge in [-0.25, -0.2) is 0 Å². The van der Waals surface area contributed by atoms with Crippen molar-refractivity contribution in [2.24, 2.45) is 5.73 Å². The Labute approximate surface area is 140 Å². The van der Waals surface area contributed by atoms with E-state index in [2.05, 4.69) is 0 Å². The average Bonchev–Trinajstić information content (AvgIpc) is 2.47. The van der Waals surface area contributed by atoms with Crippen LogP contribution in [0.2, 0.25) is 5.02 Å². The van der Waals surface area contributed by atoms with Crippen LogP contribution in [0.5, 0.6) is 5.75 Å². The molecule has 1 unspecified atom stereocenters. The Kier molecular flexibility index (Phi) is 4.97. The Morgan fingerprint density at radius 2 is 2.00 bits per heavy atom. The van der Waals surface area contributed by atoms with Crippen molar-refractivity contribution in [1.82, 2.24) is 0 Å². The zero-order valence-corrected chi connectivity index (χ0v) is 14.1. The summed E-state index contributed by atoms with van der Waals surface area (Å²) in [6.45, 7) is 5.43. The molecular weight excluding hydrogens is 314 g/mol. The number of nitrogens with two attached hydrogens (primary N) is 1. The molecule has 0 aliphatic heterocycles. The largest absolute Gasteiger partial charge is 0.489 e. The number of carbonyl (C=O) groups excluding carboxylic acids is 1. The monoisotopic (exact) mass is 333 g/mol.